The second-order valence-corrected chi connectivity index (χ2v) is 9.92. The summed E-state index contributed by atoms with van der Waals surface area (Å²) in [6, 6.07) is 18.5. The largest absolute Gasteiger partial charge is 0.454 e. The van der Waals surface area contributed by atoms with Crippen molar-refractivity contribution in [2.45, 2.75) is 33.4 Å². The molecule has 2 aliphatic rings. The summed E-state index contributed by atoms with van der Waals surface area (Å²) in [4.78, 5) is 17.1. The minimum Gasteiger partial charge on any atom is -0.454 e. The lowest BCUT2D eigenvalue weighted by Gasteiger charge is -2.34. The number of nitrogens with zero attached hydrogens (tertiary/aromatic N) is 4. The van der Waals surface area contributed by atoms with E-state index in [1.165, 1.54) is 11.3 Å². The summed E-state index contributed by atoms with van der Waals surface area (Å²) in [6.45, 7) is 9.67. The molecule has 0 atom stereocenters. The maximum atomic E-state index is 12.8. The average molecular weight is 490 g/mol. The highest BCUT2D eigenvalue weighted by atomic mass is 16.7. The molecule has 5 rings (SSSR count). The van der Waals surface area contributed by atoms with E-state index in [1.54, 1.807) is 0 Å². The Bertz CT molecular complexity index is 1170. The molecule has 0 saturated carbocycles. The van der Waals surface area contributed by atoms with Gasteiger partial charge in [-0.1, -0.05) is 38.1 Å². The van der Waals surface area contributed by atoms with Gasteiger partial charge in [-0.2, -0.15) is 5.10 Å². The zero-order valence-electron chi connectivity index (χ0n) is 21.2. The molecular formula is C28H35N5O3. The first-order valence-corrected chi connectivity index (χ1v) is 12.8. The van der Waals surface area contributed by atoms with Crippen LogP contribution in [0.4, 0.5) is 0 Å². The van der Waals surface area contributed by atoms with Crippen molar-refractivity contribution in [3.8, 4) is 17.2 Å². The normalized spacial score (nSPS) is 15.6. The van der Waals surface area contributed by atoms with Crippen molar-refractivity contribution < 1.29 is 14.3 Å². The Labute approximate surface area is 212 Å². The molecule has 2 aromatic carbocycles. The number of carbonyl (C=O) groups is 1. The van der Waals surface area contributed by atoms with E-state index in [0.717, 1.165) is 62.0 Å². The topological polar surface area (TPSA) is 71.9 Å². The van der Waals surface area contributed by atoms with Crippen LogP contribution in [0, 0.1) is 5.92 Å². The van der Waals surface area contributed by atoms with Crippen molar-refractivity contribution in [1.29, 1.82) is 0 Å². The predicted molar refractivity (Wildman–Crippen MR) is 138 cm³/mol. The number of para-hydroxylation sites is 1. The second-order valence-electron chi connectivity index (χ2n) is 9.92. The van der Waals surface area contributed by atoms with Gasteiger partial charge in [0, 0.05) is 45.0 Å². The summed E-state index contributed by atoms with van der Waals surface area (Å²) in [5.74, 6) is 2.31. The Morgan fingerprint density at radius 3 is 2.56 bits per heavy atom. The number of benzene rings is 2. The van der Waals surface area contributed by atoms with Crippen LogP contribution in [-0.4, -0.2) is 65.0 Å². The molecule has 0 radical (unpaired) electrons. The van der Waals surface area contributed by atoms with Crippen molar-refractivity contribution in [1.82, 2.24) is 24.9 Å². The molecular weight excluding hydrogens is 454 g/mol. The minimum absolute atomic E-state index is 0.141. The van der Waals surface area contributed by atoms with Gasteiger partial charge in [-0.3, -0.25) is 9.69 Å². The SMILES string of the molecule is CC(C)Cc1cc(CNCC(=O)N2CCN(Cc3ccc4c(c3)OCO4)CC2)nn1-c1ccccc1. The number of amides is 1. The van der Waals surface area contributed by atoms with Crippen molar-refractivity contribution in [3.05, 3.63) is 71.5 Å². The second kappa shape index (κ2) is 11.1. The molecule has 8 nitrogen and oxygen atoms in total. The molecule has 3 aromatic rings. The first-order valence-electron chi connectivity index (χ1n) is 12.8. The van der Waals surface area contributed by atoms with Gasteiger partial charge in [0.05, 0.1) is 17.9 Å². The van der Waals surface area contributed by atoms with Gasteiger partial charge in [0.1, 0.15) is 0 Å². The fourth-order valence-electron chi connectivity index (χ4n) is 4.78. The highest BCUT2D eigenvalue weighted by molar-refractivity contribution is 5.78. The van der Waals surface area contributed by atoms with Gasteiger partial charge in [-0.05, 0) is 48.2 Å². The number of fused-ring (bicyclic) bond motifs is 1. The monoisotopic (exact) mass is 489 g/mol. The number of carbonyl (C=O) groups excluding carboxylic acids is 1. The molecule has 190 valence electrons. The summed E-state index contributed by atoms with van der Waals surface area (Å²) in [5, 5.41) is 8.13. The predicted octanol–water partition coefficient (Wildman–Crippen LogP) is 3.23. The lowest BCUT2D eigenvalue weighted by Crippen LogP contribution is -2.50. The Hall–Kier alpha value is -3.36. The van der Waals surface area contributed by atoms with Crippen LogP contribution >= 0.6 is 0 Å². The summed E-state index contributed by atoms with van der Waals surface area (Å²) < 4.78 is 12.9. The van der Waals surface area contributed by atoms with E-state index in [0.29, 0.717) is 25.8 Å². The van der Waals surface area contributed by atoms with Gasteiger partial charge in [-0.25, -0.2) is 4.68 Å². The van der Waals surface area contributed by atoms with Crippen molar-refractivity contribution in [3.63, 3.8) is 0 Å². The van der Waals surface area contributed by atoms with E-state index < -0.39 is 0 Å². The Morgan fingerprint density at radius 1 is 1.00 bits per heavy atom. The number of aromatic nitrogens is 2. The quantitative estimate of drug-likeness (QED) is 0.498. The fraction of sp³-hybridized carbons (Fsp3) is 0.429. The van der Waals surface area contributed by atoms with E-state index in [9.17, 15) is 4.79 Å². The molecule has 8 heteroatoms. The first kappa shape index (κ1) is 24.3. The molecule has 0 spiro atoms. The molecule has 1 N–H and O–H groups in total. The summed E-state index contributed by atoms with van der Waals surface area (Å²) in [5.41, 5.74) is 4.41. The lowest BCUT2D eigenvalue weighted by atomic mass is 10.1. The number of nitrogens with one attached hydrogen (secondary N) is 1. The molecule has 3 heterocycles. The Morgan fingerprint density at radius 2 is 1.78 bits per heavy atom. The van der Waals surface area contributed by atoms with Crippen LogP contribution in [0.1, 0.15) is 30.8 Å². The van der Waals surface area contributed by atoms with Crippen molar-refractivity contribution >= 4 is 5.91 Å². The number of rotatable bonds is 9. The molecule has 2 aliphatic heterocycles. The van der Waals surface area contributed by atoms with Gasteiger partial charge in [-0.15, -0.1) is 0 Å². The maximum absolute atomic E-state index is 12.8. The van der Waals surface area contributed by atoms with E-state index in [4.69, 9.17) is 14.6 Å². The number of hydrogen-bond donors (Lipinski definition) is 1. The maximum Gasteiger partial charge on any atom is 0.236 e. The third-order valence-electron chi connectivity index (χ3n) is 6.60. The highest BCUT2D eigenvalue weighted by Crippen LogP contribution is 2.32. The average Bonchev–Trinajstić information content (AvgIpc) is 3.51. The van der Waals surface area contributed by atoms with E-state index in [1.807, 2.05) is 33.8 Å². The lowest BCUT2D eigenvalue weighted by molar-refractivity contribution is -0.132. The van der Waals surface area contributed by atoms with E-state index >= 15 is 0 Å². The molecule has 0 aliphatic carbocycles. The van der Waals surface area contributed by atoms with E-state index in [-0.39, 0.29) is 5.91 Å². The van der Waals surface area contributed by atoms with Gasteiger partial charge >= 0.3 is 0 Å². The Balaban J connectivity index is 1.09. The van der Waals surface area contributed by atoms with Gasteiger partial charge in [0.25, 0.3) is 0 Å². The molecule has 1 fully saturated rings. The fourth-order valence-corrected chi connectivity index (χ4v) is 4.78. The third kappa shape index (κ3) is 5.88. The number of hydrogen-bond acceptors (Lipinski definition) is 6. The third-order valence-corrected chi connectivity index (χ3v) is 6.60. The number of piperazine rings is 1. The highest BCUT2D eigenvalue weighted by Gasteiger charge is 2.22. The van der Waals surface area contributed by atoms with Crippen LogP contribution in [0.15, 0.2) is 54.6 Å². The molecule has 0 unspecified atom stereocenters. The molecule has 1 amide bonds. The van der Waals surface area contributed by atoms with Gasteiger partial charge < -0.3 is 19.7 Å². The standard InChI is InChI=1S/C28H35N5O3/c1-21(2)14-25-16-23(30-33(25)24-6-4-3-5-7-24)17-29-18-28(34)32-12-10-31(11-13-32)19-22-8-9-26-27(15-22)36-20-35-26/h3-9,15-16,21,29H,10-14,17-20H2,1-2H3. The minimum atomic E-state index is 0.141. The molecule has 1 saturated heterocycles. The van der Waals surface area contributed by atoms with Crippen LogP contribution in [-0.2, 0) is 24.3 Å². The Kier molecular flexibility index (Phi) is 7.53. The summed E-state index contributed by atoms with van der Waals surface area (Å²) >= 11 is 0. The first-order chi connectivity index (χ1) is 17.5. The van der Waals surface area contributed by atoms with Crippen molar-refractivity contribution in [2.24, 2.45) is 5.92 Å². The van der Waals surface area contributed by atoms with Crippen LogP contribution in [0.3, 0.4) is 0 Å². The van der Waals surface area contributed by atoms with Gasteiger partial charge in [0.15, 0.2) is 11.5 Å². The van der Waals surface area contributed by atoms with Crippen LogP contribution in [0.5, 0.6) is 11.5 Å². The smallest absolute Gasteiger partial charge is 0.236 e. The van der Waals surface area contributed by atoms with E-state index in [2.05, 4.69) is 54.4 Å². The van der Waals surface area contributed by atoms with Gasteiger partial charge in [0.2, 0.25) is 12.7 Å². The number of ether oxygens (including phenoxy) is 2. The van der Waals surface area contributed by atoms with Crippen LogP contribution in [0.25, 0.3) is 5.69 Å². The summed E-state index contributed by atoms with van der Waals surface area (Å²) in [6.07, 6.45) is 0.956. The van der Waals surface area contributed by atoms with Crippen LogP contribution < -0.4 is 14.8 Å². The van der Waals surface area contributed by atoms with Crippen molar-refractivity contribution in [2.75, 3.05) is 39.5 Å². The zero-order chi connectivity index (χ0) is 24.9. The summed E-state index contributed by atoms with van der Waals surface area (Å²) in [7, 11) is 0. The van der Waals surface area contributed by atoms with Crippen LogP contribution in [0.2, 0.25) is 0 Å². The molecule has 36 heavy (non-hydrogen) atoms. The zero-order valence-corrected chi connectivity index (χ0v) is 21.2. The molecule has 0 bridgehead atoms. The molecule has 1 aromatic heterocycles.